The van der Waals surface area contributed by atoms with Crippen LogP contribution in [0.3, 0.4) is 0 Å². The Bertz CT molecular complexity index is 768. The standard InChI is InChI=1S/C13H14N4O3S2/c18-12(15-13-16-14-9-21-13)10-4-3-5-11(8-10)22(19,20)17-6-1-2-7-17/h3-5,8-9H,1-2,6-7H2,(H,15,16,18). The molecule has 0 bridgehead atoms. The Morgan fingerprint density at radius 1 is 1.27 bits per heavy atom. The summed E-state index contributed by atoms with van der Waals surface area (Å²) in [5.74, 6) is -0.407. The second-order valence-corrected chi connectivity index (χ2v) is 7.61. The molecule has 1 N–H and O–H groups in total. The van der Waals surface area contributed by atoms with E-state index in [1.807, 2.05) is 0 Å². The van der Waals surface area contributed by atoms with Crippen molar-refractivity contribution in [3.63, 3.8) is 0 Å². The van der Waals surface area contributed by atoms with E-state index in [1.165, 1.54) is 33.3 Å². The molecule has 3 rings (SSSR count). The molecule has 0 aliphatic carbocycles. The predicted molar refractivity (Wildman–Crippen MR) is 82.3 cm³/mol. The van der Waals surface area contributed by atoms with Gasteiger partial charge < -0.3 is 0 Å². The highest BCUT2D eigenvalue weighted by Gasteiger charge is 2.27. The van der Waals surface area contributed by atoms with Crippen LogP contribution in [0.15, 0.2) is 34.7 Å². The van der Waals surface area contributed by atoms with Gasteiger partial charge in [-0.1, -0.05) is 17.4 Å². The lowest BCUT2D eigenvalue weighted by Crippen LogP contribution is -2.28. The smallest absolute Gasteiger partial charge is 0.257 e. The molecule has 1 aliphatic rings. The Morgan fingerprint density at radius 3 is 2.73 bits per heavy atom. The maximum Gasteiger partial charge on any atom is 0.257 e. The van der Waals surface area contributed by atoms with Crippen LogP contribution in [0.1, 0.15) is 23.2 Å². The van der Waals surface area contributed by atoms with E-state index < -0.39 is 15.9 Å². The van der Waals surface area contributed by atoms with Crippen LogP contribution in [0.5, 0.6) is 0 Å². The number of aromatic nitrogens is 2. The molecule has 0 radical (unpaired) electrons. The Hall–Kier alpha value is -1.84. The molecule has 0 unspecified atom stereocenters. The third kappa shape index (κ3) is 3.01. The van der Waals surface area contributed by atoms with Crippen LogP contribution in [0.25, 0.3) is 0 Å². The maximum absolute atomic E-state index is 12.5. The van der Waals surface area contributed by atoms with Crippen molar-refractivity contribution < 1.29 is 13.2 Å². The summed E-state index contributed by atoms with van der Waals surface area (Å²) < 4.78 is 26.5. The molecule has 1 amide bonds. The summed E-state index contributed by atoms with van der Waals surface area (Å²) >= 11 is 1.20. The zero-order valence-electron chi connectivity index (χ0n) is 11.6. The number of benzene rings is 1. The number of anilines is 1. The molecular weight excluding hydrogens is 324 g/mol. The largest absolute Gasteiger partial charge is 0.296 e. The summed E-state index contributed by atoms with van der Waals surface area (Å²) in [5, 5.41) is 10.3. The first-order valence-electron chi connectivity index (χ1n) is 6.75. The van der Waals surface area contributed by atoms with Crippen LogP contribution in [0.2, 0.25) is 0 Å². The summed E-state index contributed by atoms with van der Waals surface area (Å²) in [4.78, 5) is 12.3. The van der Waals surface area contributed by atoms with Gasteiger partial charge in [0.05, 0.1) is 4.90 Å². The predicted octanol–water partition coefficient (Wildman–Crippen LogP) is 1.57. The van der Waals surface area contributed by atoms with Crippen molar-refractivity contribution in [1.82, 2.24) is 14.5 Å². The van der Waals surface area contributed by atoms with E-state index in [2.05, 4.69) is 15.5 Å². The molecular formula is C13H14N4O3S2. The first kappa shape index (κ1) is 15.1. The lowest BCUT2D eigenvalue weighted by Gasteiger charge is -2.15. The van der Waals surface area contributed by atoms with E-state index in [0.717, 1.165) is 12.8 Å². The van der Waals surface area contributed by atoms with Gasteiger partial charge in [0.15, 0.2) is 0 Å². The molecule has 1 saturated heterocycles. The first-order chi connectivity index (χ1) is 10.6. The normalized spacial score (nSPS) is 15.8. The molecule has 2 aromatic rings. The molecule has 22 heavy (non-hydrogen) atoms. The van der Waals surface area contributed by atoms with Crippen LogP contribution >= 0.6 is 11.3 Å². The minimum Gasteiger partial charge on any atom is -0.296 e. The van der Waals surface area contributed by atoms with Gasteiger partial charge in [-0.25, -0.2) is 8.42 Å². The number of carbonyl (C=O) groups excluding carboxylic acids is 1. The number of nitrogens with one attached hydrogen (secondary N) is 1. The van der Waals surface area contributed by atoms with Crippen LogP contribution in [-0.2, 0) is 10.0 Å². The van der Waals surface area contributed by atoms with E-state index in [9.17, 15) is 13.2 Å². The minimum absolute atomic E-state index is 0.138. The van der Waals surface area contributed by atoms with Gasteiger partial charge in [-0.15, -0.1) is 10.2 Å². The third-order valence-corrected chi connectivity index (χ3v) is 5.88. The number of amides is 1. The number of sulfonamides is 1. The summed E-state index contributed by atoms with van der Waals surface area (Å²) in [6.45, 7) is 1.06. The molecule has 0 saturated carbocycles. The fourth-order valence-corrected chi connectivity index (χ4v) is 4.28. The fraction of sp³-hybridized carbons (Fsp3) is 0.308. The van der Waals surface area contributed by atoms with Gasteiger partial charge in [0, 0.05) is 18.7 Å². The van der Waals surface area contributed by atoms with Crippen molar-refractivity contribution in [2.45, 2.75) is 17.7 Å². The quantitative estimate of drug-likeness (QED) is 0.913. The van der Waals surface area contributed by atoms with Crippen LogP contribution in [-0.4, -0.2) is 41.9 Å². The zero-order valence-corrected chi connectivity index (χ0v) is 13.2. The van der Waals surface area contributed by atoms with Gasteiger partial charge in [-0.2, -0.15) is 4.31 Å². The lowest BCUT2D eigenvalue weighted by molar-refractivity contribution is 0.102. The van der Waals surface area contributed by atoms with Crippen molar-refractivity contribution in [2.24, 2.45) is 0 Å². The van der Waals surface area contributed by atoms with Crippen molar-refractivity contribution in [1.29, 1.82) is 0 Å². The number of nitrogens with zero attached hydrogens (tertiary/aromatic N) is 3. The first-order valence-corrected chi connectivity index (χ1v) is 9.07. The van der Waals surface area contributed by atoms with Gasteiger partial charge >= 0.3 is 0 Å². The Balaban J connectivity index is 1.84. The molecule has 1 aromatic heterocycles. The summed E-state index contributed by atoms with van der Waals surface area (Å²) in [7, 11) is -3.53. The van der Waals surface area contributed by atoms with Crippen LogP contribution in [0.4, 0.5) is 5.13 Å². The molecule has 116 valence electrons. The third-order valence-electron chi connectivity index (χ3n) is 3.38. The topological polar surface area (TPSA) is 92.3 Å². The lowest BCUT2D eigenvalue weighted by atomic mass is 10.2. The molecule has 1 aliphatic heterocycles. The minimum atomic E-state index is -3.53. The molecule has 2 heterocycles. The summed E-state index contributed by atoms with van der Waals surface area (Å²) in [5.41, 5.74) is 1.78. The number of rotatable bonds is 4. The fourth-order valence-electron chi connectivity index (χ4n) is 2.27. The molecule has 9 heteroatoms. The van der Waals surface area contributed by atoms with Crippen molar-refractivity contribution in [3.8, 4) is 0 Å². The average Bonchev–Trinajstić information content (AvgIpc) is 3.21. The number of hydrogen-bond donors (Lipinski definition) is 1. The highest BCUT2D eigenvalue weighted by molar-refractivity contribution is 7.89. The molecule has 1 aromatic carbocycles. The Morgan fingerprint density at radius 2 is 2.05 bits per heavy atom. The SMILES string of the molecule is O=C(Nc1nncs1)c1cccc(S(=O)(=O)N2CCCC2)c1. The number of carbonyl (C=O) groups is 1. The van der Waals surface area contributed by atoms with Crippen molar-refractivity contribution in [2.75, 3.05) is 18.4 Å². The van der Waals surface area contributed by atoms with E-state index in [-0.39, 0.29) is 10.5 Å². The van der Waals surface area contributed by atoms with E-state index in [0.29, 0.717) is 18.2 Å². The van der Waals surface area contributed by atoms with E-state index in [1.54, 1.807) is 12.1 Å². The van der Waals surface area contributed by atoms with Crippen LogP contribution in [0, 0.1) is 0 Å². The second kappa shape index (κ2) is 6.11. The molecule has 1 fully saturated rings. The van der Waals surface area contributed by atoms with Gasteiger partial charge in [0.2, 0.25) is 15.2 Å². The Kier molecular flexibility index (Phi) is 4.19. The zero-order chi connectivity index (χ0) is 15.6. The monoisotopic (exact) mass is 338 g/mol. The summed E-state index contributed by atoms with van der Waals surface area (Å²) in [6, 6.07) is 6.04. The highest BCUT2D eigenvalue weighted by atomic mass is 32.2. The molecule has 0 spiro atoms. The van der Waals surface area contributed by atoms with Crippen molar-refractivity contribution in [3.05, 3.63) is 35.3 Å². The van der Waals surface area contributed by atoms with Crippen molar-refractivity contribution >= 4 is 32.4 Å². The highest BCUT2D eigenvalue weighted by Crippen LogP contribution is 2.22. The van der Waals surface area contributed by atoms with Crippen LogP contribution < -0.4 is 5.32 Å². The van der Waals surface area contributed by atoms with E-state index in [4.69, 9.17) is 0 Å². The summed E-state index contributed by atoms with van der Waals surface area (Å²) in [6.07, 6.45) is 1.74. The molecule has 7 nitrogen and oxygen atoms in total. The van der Waals surface area contributed by atoms with Gasteiger partial charge in [-0.05, 0) is 31.0 Å². The van der Waals surface area contributed by atoms with Gasteiger partial charge in [-0.3, -0.25) is 10.1 Å². The van der Waals surface area contributed by atoms with Gasteiger partial charge in [0.25, 0.3) is 5.91 Å². The average molecular weight is 338 g/mol. The maximum atomic E-state index is 12.5. The number of hydrogen-bond acceptors (Lipinski definition) is 6. The van der Waals surface area contributed by atoms with E-state index >= 15 is 0 Å². The second-order valence-electron chi connectivity index (χ2n) is 4.84. The molecule has 0 atom stereocenters. The van der Waals surface area contributed by atoms with Gasteiger partial charge in [0.1, 0.15) is 5.51 Å². The Labute approximate surface area is 132 Å².